The summed E-state index contributed by atoms with van der Waals surface area (Å²) in [5.74, 6) is 1.64. The van der Waals surface area contributed by atoms with Gasteiger partial charge in [-0.3, -0.25) is 9.59 Å². The molecule has 154 valence electrons. The molecule has 0 aliphatic rings. The first kappa shape index (κ1) is 19.8. The van der Waals surface area contributed by atoms with E-state index in [9.17, 15) is 9.59 Å². The molecule has 0 saturated carbocycles. The van der Waals surface area contributed by atoms with Gasteiger partial charge in [0.05, 0.1) is 23.3 Å². The number of amides is 1. The number of aromatic nitrogens is 3. The van der Waals surface area contributed by atoms with Crippen molar-refractivity contribution in [1.82, 2.24) is 20.0 Å². The highest BCUT2D eigenvalue weighted by Gasteiger charge is 2.15. The van der Waals surface area contributed by atoms with E-state index in [4.69, 9.17) is 9.26 Å². The van der Waals surface area contributed by atoms with Crippen molar-refractivity contribution >= 4 is 27.5 Å². The standard InChI is InChI=1S/C21H20N4O4S/c1-12-16(13(2)29-24-12)11-28-15-6-4-14(5-7-15)21(27)25(3)10-18-22-17-8-9-30-19(17)20(26)23-18/h4-9H,10-11H2,1-3H3,(H,22,23,26). The SMILES string of the molecule is Cc1noc(C)c1COc1ccc(C(=O)N(C)Cc2nc3ccsc3c(=O)[nH]2)cc1. The van der Waals surface area contributed by atoms with Crippen LogP contribution in [-0.4, -0.2) is 33.0 Å². The third kappa shape index (κ3) is 3.97. The zero-order valence-corrected chi connectivity index (χ0v) is 17.6. The topological polar surface area (TPSA) is 101 Å². The number of hydrogen-bond donors (Lipinski definition) is 1. The predicted octanol–water partition coefficient (Wildman–Crippen LogP) is 3.44. The molecule has 0 saturated heterocycles. The lowest BCUT2D eigenvalue weighted by Crippen LogP contribution is -2.28. The van der Waals surface area contributed by atoms with Gasteiger partial charge in [-0.1, -0.05) is 5.16 Å². The normalized spacial score (nSPS) is 11.0. The summed E-state index contributed by atoms with van der Waals surface area (Å²) in [5, 5.41) is 5.73. The summed E-state index contributed by atoms with van der Waals surface area (Å²) in [6, 6.07) is 8.70. The predicted molar refractivity (Wildman–Crippen MR) is 113 cm³/mol. The van der Waals surface area contributed by atoms with E-state index in [2.05, 4.69) is 15.1 Å². The third-order valence-corrected chi connectivity index (χ3v) is 5.67. The van der Waals surface area contributed by atoms with Crippen LogP contribution in [0.25, 0.3) is 10.2 Å². The third-order valence-electron chi connectivity index (χ3n) is 4.76. The number of aromatic amines is 1. The molecule has 0 aliphatic carbocycles. The van der Waals surface area contributed by atoms with E-state index in [-0.39, 0.29) is 18.0 Å². The maximum absolute atomic E-state index is 12.7. The molecule has 1 amide bonds. The fourth-order valence-corrected chi connectivity index (χ4v) is 3.80. The molecule has 4 rings (SSSR count). The summed E-state index contributed by atoms with van der Waals surface area (Å²) in [6.07, 6.45) is 0. The molecular weight excluding hydrogens is 404 g/mol. The van der Waals surface area contributed by atoms with Crippen molar-refractivity contribution in [2.45, 2.75) is 27.0 Å². The Balaban J connectivity index is 1.41. The number of benzene rings is 1. The molecule has 4 aromatic rings. The monoisotopic (exact) mass is 424 g/mol. The smallest absolute Gasteiger partial charge is 0.268 e. The molecule has 1 N–H and O–H groups in total. The van der Waals surface area contributed by atoms with Crippen LogP contribution in [0.1, 0.15) is 33.2 Å². The van der Waals surface area contributed by atoms with Gasteiger partial charge in [0, 0.05) is 12.6 Å². The summed E-state index contributed by atoms with van der Waals surface area (Å²) in [7, 11) is 1.67. The highest BCUT2D eigenvalue weighted by atomic mass is 32.1. The minimum atomic E-state index is -0.189. The van der Waals surface area contributed by atoms with Crippen LogP contribution < -0.4 is 10.3 Å². The number of fused-ring (bicyclic) bond motifs is 1. The Labute approximate surface area is 176 Å². The average molecular weight is 424 g/mol. The van der Waals surface area contributed by atoms with Gasteiger partial charge < -0.3 is 19.1 Å². The first-order valence-corrected chi connectivity index (χ1v) is 10.2. The largest absolute Gasteiger partial charge is 0.489 e. The maximum atomic E-state index is 12.7. The molecule has 1 aromatic carbocycles. The van der Waals surface area contributed by atoms with E-state index in [1.165, 1.54) is 16.2 Å². The summed E-state index contributed by atoms with van der Waals surface area (Å²) < 4.78 is 11.5. The number of H-pyrrole nitrogens is 1. The number of carbonyl (C=O) groups is 1. The number of thiophene rings is 1. The maximum Gasteiger partial charge on any atom is 0.268 e. The van der Waals surface area contributed by atoms with Crippen LogP contribution in [0.15, 0.2) is 45.0 Å². The molecular formula is C21H20N4O4S. The van der Waals surface area contributed by atoms with Crippen molar-refractivity contribution in [1.29, 1.82) is 0 Å². The van der Waals surface area contributed by atoms with Gasteiger partial charge in [-0.2, -0.15) is 0 Å². The molecule has 0 spiro atoms. The quantitative estimate of drug-likeness (QED) is 0.509. The van der Waals surface area contributed by atoms with Gasteiger partial charge in [0.2, 0.25) is 0 Å². The number of nitrogens with one attached hydrogen (secondary N) is 1. The molecule has 3 aromatic heterocycles. The average Bonchev–Trinajstić information content (AvgIpc) is 3.33. The van der Waals surface area contributed by atoms with Crippen molar-refractivity contribution in [2.75, 3.05) is 7.05 Å². The second-order valence-corrected chi connectivity index (χ2v) is 7.84. The van der Waals surface area contributed by atoms with Crippen molar-refractivity contribution in [3.8, 4) is 5.75 Å². The van der Waals surface area contributed by atoms with Gasteiger partial charge in [-0.15, -0.1) is 11.3 Å². The van der Waals surface area contributed by atoms with Crippen molar-refractivity contribution in [2.24, 2.45) is 0 Å². The Bertz CT molecular complexity index is 1240. The second kappa shape index (κ2) is 8.11. The van der Waals surface area contributed by atoms with Crippen molar-refractivity contribution in [3.05, 3.63) is 74.5 Å². The zero-order valence-electron chi connectivity index (χ0n) is 16.8. The van der Waals surface area contributed by atoms with Gasteiger partial charge in [0.25, 0.3) is 11.5 Å². The van der Waals surface area contributed by atoms with E-state index in [1.807, 2.05) is 19.2 Å². The summed E-state index contributed by atoms with van der Waals surface area (Å²) in [6.45, 7) is 4.25. The Morgan fingerprint density at radius 3 is 2.70 bits per heavy atom. The van der Waals surface area contributed by atoms with Gasteiger partial charge in [0.1, 0.15) is 28.6 Å². The molecule has 0 aliphatic heterocycles. The molecule has 0 radical (unpaired) electrons. The highest BCUT2D eigenvalue weighted by Crippen LogP contribution is 2.19. The molecule has 8 nitrogen and oxygen atoms in total. The molecule has 0 unspecified atom stereocenters. The van der Waals surface area contributed by atoms with E-state index in [0.717, 1.165) is 17.0 Å². The number of rotatable bonds is 6. The zero-order chi connectivity index (χ0) is 21.3. The van der Waals surface area contributed by atoms with Crippen LogP contribution >= 0.6 is 11.3 Å². The Kier molecular flexibility index (Phi) is 5.37. The Hall–Kier alpha value is -3.46. The van der Waals surface area contributed by atoms with Crippen LogP contribution in [0.5, 0.6) is 5.75 Å². The van der Waals surface area contributed by atoms with Gasteiger partial charge in [-0.25, -0.2) is 4.98 Å². The lowest BCUT2D eigenvalue weighted by molar-refractivity contribution is 0.0781. The molecule has 0 bridgehead atoms. The fourth-order valence-electron chi connectivity index (χ4n) is 3.07. The van der Waals surface area contributed by atoms with Crippen LogP contribution in [-0.2, 0) is 13.2 Å². The molecule has 0 atom stereocenters. The number of hydrogen-bond acceptors (Lipinski definition) is 7. The number of carbonyl (C=O) groups excluding carboxylic acids is 1. The van der Waals surface area contributed by atoms with Gasteiger partial charge in [-0.05, 0) is 49.6 Å². The molecule has 0 fully saturated rings. The Morgan fingerprint density at radius 1 is 1.23 bits per heavy atom. The van der Waals surface area contributed by atoms with Crippen LogP contribution in [0, 0.1) is 13.8 Å². The lowest BCUT2D eigenvalue weighted by atomic mass is 10.2. The number of nitrogens with zero attached hydrogens (tertiary/aromatic N) is 3. The first-order chi connectivity index (χ1) is 14.4. The lowest BCUT2D eigenvalue weighted by Gasteiger charge is -2.17. The molecule has 3 heterocycles. The minimum Gasteiger partial charge on any atom is -0.489 e. The van der Waals surface area contributed by atoms with E-state index < -0.39 is 0 Å². The molecule has 30 heavy (non-hydrogen) atoms. The van der Waals surface area contributed by atoms with Gasteiger partial charge in [0.15, 0.2) is 0 Å². The van der Waals surface area contributed by atoms with E-state index in [0.29, 0.717) is 34.0 Å². The van der Waals surface area contributed by atoms with Gasteiger partial charge >= 0.3 is 0 Å². The number of aryl methyl sites for hydroxylation is 2. The van der Waals surface area contributed by atoms with E-state index >= 15 is 0 Å². The first-order valence-electron chi connectivity index (χ1n) is 9.29. The second-order valence-electron chi connectivity index (χ2n) is 6.92. The summed E-state index contributed by atoms with van der Waals surface area (Å²) >= 11 is 1.34. The minimum absolute atomic E-state index is 0.180. The van der Waals surface area contributed by atoms with Crippen LogP contribution in [0.3, 0.4) is 0 Å². The van der Waals surface area contributed by atoms with Crippen LogP contribution in [0.4, 0.5) is 0 Å². The summed E-state index contributed by atoms with van der Waals surface area (Å²) in [4.78, 5) is 33.5. The summed E-state index contributed by atoms with van der Waals surface area (Å²) in [5.41, 5.74) is 2.68. The van der Waals surface area contributed by atoms with Crippen LogP contribution in [0.2, 0.25) is 0 Å². The van der Waals surface area contributed by atoms with Crippen molar-refractivity contribution in [3.63, 3.8) is 0 Å². The fraction of sp³-hybridized carbons (Fsp3) is 0.238. The van der Waals surface area contributed by atoms with Crippen molar-refractivity contribution < 1.29 is 14.1 Å². The number of ether oxygens (including phenoxy) is 1. The molecule has 9 heteroatoms. The van der Waals surface area contributed by atoms with E-state index in [1.54, 1.807) is 37.4 Å². The highest BCUT2D eigenvalue weighted by molar-refractivity contribution is 7.17. The Morgan fingerprint density at radius 2 is 2.00 bits per heavy atom.